The lowest BCUT2D eigenvalue weighted by molar-refractivity contribution is 0.393. The zero-order chi connectivity index (χ0) is 34.5. The number of benzene rings is 2. The summed E-state index contributed by atoms with van der Waals surface area (Å²) in [6.45, 7) is 27.3. The van der Waals surface area contributed by atoms with Crippen LogP contribution in [0.2, 0.25) is 0 Å². The van der Waals surface area contributed by atoms with Crippen molar-refractivity contribution in [2.45, 2.75) is 191 Å². The molecule has 0 aromatic heterocycles. The van der Waals surface area contributed by atoms with E-state index in [9.17, 15) is 10.2 Å². The van der Waals surface area contributed by atoms with E-state index in [1.807, 2.05) is 0 Å². The van der Waals surface area contributed by atoms with E-state index in [4.69, 9.17) is 0 Å². The molecule has 2 nitrogen and oxygen atoms in total. The van der Waals surface area contributed by atoms with Crippen LogP contribution in [0, 0.1) is 0 Å². The van der Waals surface area contributed by atoms with E-state index in [1.54, 1.807) is 0 Å². The summed E-state index contributed by atoms with van der Waals surface area (Å²) in [5, 5.41) is 24.5. The van der Waals surface area contributed by atoms with Gasteiger partial charge in [0.2, 0.25) is 0 Å². The summed E-state index contributed by atoms with van der Waals surface area (Å²) in [7, 11) is 0. The van der Waals surface area contributed by atoms with Gasteiger partial charge in [-0.1, -0.05) is 133 Å². The second kappa shape index (κ2) is 16.0. The van der Waals surface area contributed by atoms with Gasteiger partial charge in [0, 0.05) is 44.3 Å². The van der Waals surface area contributed by atoms with Crippen LogP contribution in [0.5, 0.6) is 11.5 Å². The minimum Gasteiger partial charge on any atom is -0.507 e. The molecule has 0 bridgehead atoms. The fourth-order valence-electron chi connectivity index (χ4n) is 6.85. The summed E-state index contributed by atoms with van der Waals surface area (Å²) in [6.07, 6.45) is 11.7. The van der Waals surface area contributed by atoms with Gasteiger partial charge in [0.1, 0.15) is 11.5 Å². The predicted octanol–water partition coefficient (Wildman–Crippen LogP) is 13.1. The average molecular weight is 669 g/mol. The van der Waals surface area contributed by atoms with Gasteiger partial charge in [-0.05, 0) is 71.3 Å². The minimum atomic E-state index is -0.0303. The highest BCUT2D eigenvalue weighted by molar-refractivity contribution is 8.03. The Bertz CT molecular complexity index is 1170. The Kier molecular flexibility index (Phi) is 13.6. The van der Waals surface area contributed by atoms with Crippen molar-refractivity contribution in [2.24, 2.45) is 0 Å². The SMILES string of the molecule is CCC(C)(CC)c1cc(C(C)(C)C)cc(CSC2CCCCCCC2SCc2cc(C(C)(C)C)cc(C(C)(CC)CC)c2O)c1O. The standard InChI is InChI=1S/C42H68O2S2/c1-13-41(11,14-2)33-25-31(39(5,6)7)23-29(37(33)43)27-45-35-21-19-17-18-20-22-36(35)46-28-30-24-32(40(8,9)10)26-34(38(30)44)42(12,15-3)16-4/h23-26,35-36,43-44H,13-22,27-28H2,1-12H3. The Labute approximate surface area is 292 Å². The number of phenolic OH excluding ortho intramolecular Hbond substituents is 2. The van der Waals surface area contributed by atoms with Crippen LogP contribution in [-0.2, 0) is 33.2 Å². The normalized spacial score (nSPS) is 18.8. The van der Waals surface area contributed by atoms with Crippen molar-refractivity contribution >= 4 is 23.5 Å². The molecular weight excluding hydrogens is 601 g/mol. The van der Waals surface area contributed by atoms with Crippen LogP contribution in [0.15, 0.2) is 24.3 Å². The zero-order valence-corrected chi connectivity index (χ0v) is 33.3. The maximum Gasteiger partial charge on any atom is 0.123 e. The third-order valence-electron chi connectivity index (χ3n) is 11.6. The molecule has 0 saturated heterocycles. The van der Waals surface area contributed by atoms with Gasteiger partial charge in [0.25, 0.3) is 0 Å². The smallest absolute Gasteiger partial charge is 0.123 e. The maximum absolute atomic E-state index is 11.7. The first-order chi connectivity index (χ1) is 21.4. The van der Waals surface area contributed by atoms with Gasteiger partial charge >= 0.3 is 0 Å². The summed E-state index contributed by atoms with van der Waals surface area (Å²) in [5.41, 5.74) is 7.09. The number of rotatable bonds is 12. The average Bonchev–Trinajstić information content (AvgIpc) is 2.99. The van der Waals surface area contributed by atoms with Crippen LogP contribution in [-0.4, -0.2) is 20.7 Å². The molecule has 0 aliphatic heterocycles. The molecule has 1 fully saturated rings. The Hall–Kier alpha value is -1.26. The molecule has 2 atom stereocenters. The molecule has 0 heterocycles. The van der Waals surface area contributed by atoms with Crippen molar-refractivity contribution in [1.29, 1.82) is 0 Å². The first-order valence-corrected chi connectivity index (χ1v) is 20.5. The van der Waals surface area contributed by atoms with E-state index in [1.165, 1.54) is 49.7 Å². The molecule has 1 saturated carbocycles. The summed E-state index contributed by atoms with van der Waals surface area (Å²) in [5.74, 6) is 2.73. The van der Waals surface area contributed by atoms with Crippen molar-refractivity contribution < 1.29 is 10.2 Å². The number of hydrogen-bond donors (Lipinski definition) is 2. The summed E-state index contributed by atoms with van der Waals surface area (Å²) in [6, 6.07) is 9.16. The fourth-order valence-corrected chi connectivity index (χ4v) is 9.92. The van der Waals surface area contributed by atoms with Crippen LogP contribution in [0.25, 0.3) is 0 Å². The molecule has 2 aromatic carbocycles. The summed E-state index contributed by atoms with van der Waals surface area (Å²) < 4.78 is 0. The highest BCUT2D eigenvalue weighted by Gasteiger charge is 2.32. The molecule has 1 aliphatic carbocycles. The Morgan fingerprint density at radius 3 is 1.15 bits per heavy atom. The second-order valence-corrected chi connectivity index (χ2v) is 19.2. The number of hydrogen-bond acceptors (Lipinski definition) is 4. The van der Waals surface area contributed by atoms with E-state index in [-0.39, 0.29) is 21.7 Å². The molecule has 2 unspecified atom stereocenters. The third kappa shape index (κ3) is 9.25. The predicted molar refractivity (Wildman–Crippen MR) is 207 cm³/mol. The first-order valence-electron chi connectivity index (χ1n) is 18.4. The van der Waals surface area contributed by atoms with Crippen LogP contribution >= 0.6 is 23.5 Å². The van der Waals surface area contributed by atoms with Crippen molar-refractivity contribution in [3.8, 4) is 11.5 Å². The second-order valence-electron chi connectivity index (χ2n) is 16.8. The van der Waals surface area contributed by atoms with Gasteiger partial charge in [-0.3, -0.25) is 0 Å². The van der Waals surface area contributed by atoms with Gasteiger partial charge in [-0.25, -0.2) is 0 Å². The van der Waals surface area contributed by atoms with Gasteiger partial charge in [-0.15, -0.1) is 0 Å². The van der Waals surface area contributed by atoms with E-state index in [2.05, 4.69) is 131 Å². The third-order valence-corrected chi connectivity index (χ3v) is 14.7. The summed E-state index contributed by atoms with van der Waals surface area (Å²) >= 11 is 4.13. The van der Waals surface area contributed by atoms with Crippen LogP contribution in [0.3, 0.4) is 0 Å². The number of phenols is 2. The fraction of sp³-hybridized carbons (Fsp3) is 0.714. The minimum absolute atomic E-state index is 0.0248. The van der Waals surface area contributed by atoms with Crippen molar-refractivity contribution in [1.82, 2.24) is 0 Å². The Morgan fingerprint density at radius 2 is 0.870 bits per heavy atom. The van der Waals surface area contributed by atoms with Gasteiger partial charge in [0.15, 0.2) is 0 Å². The van der Waals surface area contributed by atoms with Gasteiger partial charge in [0.05, 0.1) is 0 Å². The molecule has 2 N–H and O–H groups in total. The summed E-state index contributed by atoms with van der Waals surface area (Å²) in [4.78, 5) is 0. The first kappa shape index (κ1) is 39.2. The Morgan fingerprint density at radius 1 is 0.543 bits per heavy atom. The highest BCUT2D eigenvalue weighted by atomic mass is 32.2. The lowest BCUT2D eigenvalue weighted by Crippen LogP contribution is -2.24. The molecule has 46 heavy (non-hydrogen) atoms. The largest absolute Gasteiger partial charge is 0.507 e. The maximum atomic E-state index is 11.7. The van der Waals surface area contributed by atoms with Crippen molar-refractivity contribution in [3.63, 3.8) is 0 Å². The molecule has 4 heteroatoms. The van der Waals surface area contributed by atoms with Crippen LogP contribution < -0.4 is 0 Å². The molecule has 1 aliphatic rings. The van der Waals surface area contributed by atoms with Crippen molar-refractivity contribution in [3.05, 3.63) is 57.6 Å². The van der Waals surface area contributed by atoms with Crippen LogP contribution in [0.1, 0.15) is 181 Å². The molecule has 2 aromatic rings. The lowest BCUT2D eigenvalue weighted by atomic mass is 9.74. The topological polar surface area (TPSA) is 40.5 Å². The lowest BCUT2D eigenvalue weighted by Gasteiger charge is -2.33. The zero-order valence-electron chi connectivity index (χ0n) is 31.7. The molecule has 0 amide bonds. The van der Waals surface area contributed by atoms with Gasteiger partial charge < -0.3 is 10.2 Å². The highest BCUT2D eigenvalue weighted by Crippen LogP contribution is 2.46. The number of thioether (sulfide) groups is 2. The quantitative estimate of drug-likeness (QED) is 0.236. The number of aromatic hydroxyl groups is 2. The van der Waals surface area contributed by atoms with E-state index in [0.29, 0.717) is 22.0 Å². The van der Waals surface area contributed by atoms with Gasteiger partial charge in [-0.2, -0.15) is 23.5 Å². The van der Waals surface area contributed by atoms with E-state index < -0.39 is 0 Å². The van der Waals surface area contributed by atoms with Crippen molar-refractivity contribution in [2.75, 3.05) is 0 Å². The Balaban J connectivity index is 1.95. The molecular formula is C42H68O2S2. The van der Waals surface area contributed by atoms with Crippen LogP contribution in [0.4, 0.5) is 0 Å². The molecule has 260 valence electrons. The van der Waals surface area contributed by atoms with E-state index in [0.717, 1.165) is 59.4 Å². The molecule has 0 spiro atoms. The van der Waals surface area contributed by atoms with E-state index >= 15 is 0 Å². The monoisotopic (exact) mass is 668 g/mol. The molecule has 0 radical (unpaired) electrons. The molecule has 3 rings (SSSR count).